The van der Waals surface area contributed by atoms with Crippen molar-refractivity contribution in [3.05, 3.63) is 28.8 Å². The number of aryl methyl sites for hydroxylation is 1. The highest BCUT2D eigenvalue weighted by Gasteiger charge is 2.06. The van der Waals surface area contributed by atoms with Crippen LogP contribution in [0.15, 0.2) is 18.2 Å². The van der Waals surface area contributed by atoms with Crippen LogP contribution in [0.4, 0.5) is 0 Å². The van der Waals surface area contributed by atoms with Crippen LogP contribution in [0.1, 0.15) is 25.8 Å². The summed E-state index contributed by atoms with van der Waals surface area (Å²) in [7, 11) is 0. The molecule has 0 amide bonds. The molecule has 1 aromatic rings. The molecule has 18 heavy (non-hydrogen) atoms. The Balaban J connectivity index is 2.43. The number of hydrogen-bond acceptors (Lipinski definition) is 3. The predicted octanol–water partition coefficient (Wildman–Crippen LogP) is 3.04. The summed E-state index contributed by atoms with van der Waals surface area (Å²) in [5.41, 5.74) is 6.71. The van der Waals surface area contributed by atoms with Gasteiger partial charge < -0.3 is 15.2 Å². The van der Waals surface area contributed by atoms with Gasteiger partial charge in [-0.05, 0) is 37.1 Å². The van der Waals surface area contributed by atoms with Crippen LogP contribution in [0.3, 0.4) is 0 Å². The lowest BCUT2D eigenvalue weighted by molar-refractivity contribution is 0.0527. The van der Waals surface area contributed by atoms with Crippen molar-refractivity contribution < 1.29 is 9.47 Å². The lowest BCUT2D eigenvalue weighted by Crippen LogP contribution is -2.25. The molecule has 1 unspecified atom stereocenters. The van der Waals surface area contributed by atoms with Gasteiger partial charge in [0.15, 0.2) is 0 Å². The summed E-state index contributed by atoms with van der Waals surface area (Å²) in [5, 5.41) is 0.791. The van der Waals surface area contributed by atoms with Crippen molar-refractivity contribution in [3.63, 3.8) is 0 Å². The monoisotopic (exact) mass is 271 g/mol. The molecule has 0 radical (unpaired) electrons. The highest BCUT2D eigenvalue weighted by molar-refractivity contribution is 6.31. The van der Waals surface area contributed by atoms with Gasteiger partial charge in [-0.25, -0.2) is 0 Å². The molecule has 1 atom stereocenters. The van der Waals surface area contributed by atoms with E-state index in [1.807, 2.05) is 25.1 Å². The van der Waals surface area contributed by atoms with Crippen LogP contribution in [0.2, 0.25) is 5.02 Å². The first-order chi connectivity index (χ1) is 8.71. The summed E-state index contributed by atoms with van der Waals surface area (Å²) in [6, 6.07) is 5.75. The normalized spacial score (nSPS) is 12.4. The average molecular weight is 272 g/mol. The zero-order valence-electron chi connectivity index (χ0n) is 11.1. The van der Waals surface area contributed by atoms with E-state index in [2.05, 4.69) is 6.92 Å². The minimum atomic E-state index is 0.0768. The molecule has 0 fully saturated rings. The van der Waals surface area contributed by atoms with E-state index in [1.165, 1.54) is 0 Å². The summed E-state index contributed by atoms with van der Waals surface area (Å²) in [4.78, 5) is 0. The van der Waals surface area contributed by atoms with Gasteiger partial charge >= 0.3 is 0 Å². The Labute approximate surface area is 114 Å². The number of rotatable bonds is 8. The van der Waals surface area contributed by atoms with Gasteiger partial charge in [-0.15, -0.1) is 0 Å². The first kappa shape index (κ1) is 15.3. The van der Waals surface area contributed by atoms with Gasteiger partial charge in [0.1, 0.15) is 5.75 Å². The Hall–Kier alpha value is -0.770. The van der Waals surface area contributed by atoms with Gasteiger partial charge in [0.2, 0.25) is 0 Å². The van der Waals surface area contributed by atoms with E-state index in [9.17, 15) is 0 Å². The number of nitrogens with two attached hydrogens (primary N) is 1. The summed E-state index contributed by atoms with van der Waals surface area (Å²) < 4.78 is 11.2. The molecule has 102 valence electrons. The number of ether oxygens (including phenoxy) is 2. The molecule has 0 aromatic heterocycles. The van der Waals surface area contributed by atoms with Crippen LogP contribution in [0.5, 0.6) is 5.75 Å². The Morgan fingerprint density at radius 1 is 1.33 bits per heavy atom. The van der Waals surface area contributed by atoms with E-state index in [-0.39, 0.29) is 6.10 Å². The number of hydrogen-bond donors (Lipinski definition) is 1. The molecular weight excluding hydrogens is 250 g/mol. The number of halogens is 1. The maximum Gasteiger partial charge on any atom is 0.119 e. The molecule has 0 saturated carbocycles. The van der Waals surface area contributed by atoms with E-state index in [0.29, 0.717) is 19.8 Å². The molecule has 0 aliphatic carbocycles. The average Bonchev–Trinajstić information content (AvgIpc) is 2.39. The smallest absolute Gasteiger partial charge is 0.119 e. The molecule has 0 saturated heterocycles. The summed E-state index contributed by atoms with van der Waals surface area (Å²) in [5.74, 6) is 0.850. The van der Waals surface area contributed by atoms with Crippen LogP contribution in [0.25, 0.3) is 0 Å². The Bertz CT molecular complexity index is 358. The summed E-state index contributed by atoms with van der Waals surface area (Å²) in [6.45, 7) is 5.86. The molecule has 0 spiro atoms. The fourth-order valence-electron chi connectivity index (χ4n) is 1.72. The first-order valence-electron chi connectivity index (χ1n) is 6.44. The minimum Gasteiger partial charge on any atom is -0.493 e. The predicted molar refractivity (Wildman–Crippen MR) is 75.4 cm³/mol. The second-order valence-corrected chi connectivity index (χ2v) is 4.46. The van der Waals surface area contributed by atoms with Crippen molar-refractivity contribution >= 4 is 11.6 Å². The molecule has 4 heteroatoms. The van der Waals surface area contributed by atoms with E-state index >= 15 is 0 Å². The maximum atomic E-state index is 6.05. The standard InChI is InChI=1S/C14H22ClNO2/c1-3-11-9-12(5-6-14(11)15)18-8-7-13(10-16)17-4-2/h5-6,9,13H,3-4,7-8,10,16H2,1-2H3. The molecule has 1 rings (SSSR count). The van der Waals surface area contributed by atoms with Gasteiger partial charge in [-0.2, -0.15) is 0 Å². The number of benzene rings is 1. The largest absolute Gasteiger partial charge is 0.493 e. The third-order valence-corrected chi connectivity index (χ3v) is 3.14. The van der Waals surface area contributed by atoms with Crippen molar-refractivity contribution in [1.29, 1.82) is 0 Å². The highest BCUT2D eigenvalue weighted by Crippen LogP contribution is 2.22. The van der Waals surface area contributed by atoms with Crippen LogP contribution in [-0.4, -0.2) is 25.9 Å². The van der Waals surface area contributed by atoms with Crippen LogP contribution >= 0.6 is 11.6 Å². The summed E-state index contributed by atoms with van der Waals surface area (Å²) in [6.07, 6.45) is 1.78. The second-order valence-electron chi connectivity index (χ2n) is 4.06. The van der Waals surface area contributed by atoms with Crippen LogP contribution in [-0.2, 0) is 11.2 Å². The van der Waals surface area contributed by atoms with Crippen LogP contribution in [0, 0.1) is 0 Å². The molecule has 0 bridgehead atoms. The first-order valence-corrected chi connectivity index (χ1v) is 6.81. The molecule has 2 N–H and O–H groups in total. The van der Waals surface area contributed by atoms with Gasteiger partial charge in [-0.3, -0.25) is 0 Å². The molecule has 0 aliphatic rings. The Morgan fingerprint density at radius 2 is 2.11 bits per heavy atom. The van der Waals surface area contributed by atoms with Crippen molar-refractivity contribution in [2.24, 2.45) is 5.73 Å². The Morgan fingerprint density at radius 3 is 2.72 bits per heavy atom. The third-order valence-electron chi connectivity index (χ3n) is 2.77. The van der Waals surface area contributed by atoms with Gasteiger partial charge in [-0.1, -0.05) is 18.5 Å². The topological polar surface area (TPSA) is 44.5 Å². The SMILES string of the molecule is CCOC(CN)CCOc1ccc(Cl)c(CC)c1. The molecule has 1 aromatic carbocycles. The zero-order valence-corrected chi connectivity index (χ0v) is 11.9. The van der Waals surface area contributed by atoms with Crippen molar-refractivity contribution in [2.75, 3.05) is 19.8 Å². The fraction of sp³-hybridized carbons (Fsp3) is 0.571. The third kappa shape index (κ3) is 4.84. The van der Waals surface area contributed by atoms with E-state index in [4.69, 9.17) is 26.8 Å². The van der Waals surface area contributed by atoms with Crippen molar-refractivity contribution in [2.45, 2.75) is 32.8 Å². The van der Waals surface area contributed by atoms with Crippen molar-refractivity contribution in [3.8, 4) is 5.75 Å². The maximum absolute atomic E-state index is 6.05. The quantitative estimate of drug-likeness (QED) is 0.790. The van der Waals surface area contributed by atoms with Gasteiger partial charge in [0.25, 0.3) is 0 Å². The zero-order chi connectivity index (χ0) is 13.4. The molecule has 0 aliphatic heterocycles. The van der Waals surface area contributed by atoms with Crippen LogP contribution < -0.4 is 10.5 Å². The van der Waals surface area contributed by atoms with E-state index in [0.717, 1.165) is 29.2 Å². The van der Waals surface area contributed by atoms with Gasteiger partial charge in [0, 0.05) is 24.6 Å². The van der Waals surface area contributed by atoms with Gasteiger partial charge in [0.05, 0.1) is 12.7 Å². The minimum absolute atomic E-state index is 0.0768. The fourth-order valence-corrected chi connectivity index (χ4v) is 1.98. The molecule has 3 nitrogen and oxygen atoms in total. The lowest BCUT2D eigenvalue weighted by atomic mass is 10.1. The molecule has 0 heterocycles. The summed E-state index contributed by atoms with van der Waals surface area (Å²) >= 11 is 6.05. The molecular formula is C14H22ClNO2. The van der Waals surface area contributed by atoms with Crippen molar-refractivity contribution in [1.82, 2.24) is 0 Å². The Kier molecular flexibility index (Phi) is 7.09. The highest BCUT2D eigenvalue weighted by atomic mass is 35.5. The lowest BCUT2D eigenvalue weighted by Gasteiger charge is -2.15. The van der Waals surface area contributed by atoms with E-state index < -0.39 is 0 Å². The second kappa shape index (κ2) is 8.35. The van der Waals surface area contributed by atoms with E-state index in [1.54, 1.807) is 0 Å².